The lowest BCUT2D eigenvalue weighted by Gasteiger charge is -2.11. The van der Waals surface area contributed by atoms with Gasteiger partial charge in [0.15, 0.2) is 0 Å². The number of aliphatic carboxylic acids is 2. The molecule has 0 aliphatic heterocycles. The van der Waals surface area contributed by atoms with Crippen LogP contribution >= 0.6 is 0 Å². The number of ketones is 1. The Labute approximate surface area is 90.1 Å². The van der Waals surface area contributed by atoms with Crippen molar-refractivity contribution in [1.29, 1.82) is 0 Å². The number of carbonyl (C=O) groups is 3. The third-order valence-electron chi connectivity index (χ3n) is 1.06. The third-order valence-corrected chi connectivity index (χ3v) is 1.06. The molecule has 0 rings (SSSR count). The number of hydrogen-bond acceptors (Lipinski definition) is 3. The first kappa shape index (κ1) is 19.2. The van der Waals surface area contributed by atoms with E-state index in [-0.39, 0.29) is 11.2 Å². The zero-order chi connectivity index (χ0) is 13.2. The minimum absolute atomic E-state index is 0.139. The summed E-state index contributed by atoms with van der Waals surface area (Å²) in [5.74, 6) is -1.42. The van der Waals surface area contributed by atoms with Crippen LogP contribution in [0.25, 0.3) is 0 Å². The van der Waals surface area contributed by atoms with Crippen LogP contribution in [0.15, 0.2) is 0 Å². The molecule has 0 aromatic carbocycles. The van der Waals surface area contributed by atoms with E-state index in [4.69, 9.17) is 19.8 Å². The molecule has 2 N–H and O–H groups in total. The maximum atomic E-state index is 10.5. The molecule has 0 aliphatic rings. The summed E-state index contributed by atoms with van der Waals surface area (Å²) in [5.41, 5.74) is -0.139. The first-order valence-corrected chi connectivity index (χ1v) is 4.31. The van der Waals surface area contributed by atoms with E-state index in [2.05, 4.69) is 0 Å². The quantitative estimate of drug-likeness (QED) is 0.649. The Kier molecular flexibility index (Phi) is 11.8. The fourth-order valence-corrected chi connectivity index (χ4v) is 0. The molecule has 0 saturated carbocycles. The van der Waals surface area contributed by atoms with Crippen LogP contribution in [0.1, 0.15) is 41.5 Å². The van der Waals surface area contributed by atoms with Crippen molar-refractivity contribution in [2.45, 2.75) is 41.5 Å². The molecule has 0 heterocycles. The van der Waals surface area contributed by atoms with Gasteiger partial charge < -0.3 is 10.2 Å². The van der Waals surface area contributed by atoms with Crippen molar-refractivity contribution in [2.75, 3.05) is 0 Å². The van der Waals surface area contributed by atoms with Gasteiger partial charge in [-0.1, -0.05) is 20.8 Å². The fraction of sp³-hybridized carbons (Fsp3) is 0.700. The molecule has 0 radical (unpaired) electrons. The summed E-state index contributed by atoms with van der Waals surface area (Å²) in [4.78, 5) is 28.5. The summed E-state index contributed by atoms with van der Waals surface area (Å²) in [5, 5.41) is 14.8. The molecule has 5 nitrogen and oxygen atoms in total. The van der Waals surface area contributed by atoms with Crippen molar-refractivity contribution in [3.63, 3.8) is 0 Å². The summed E-state index contributed by atoms with van der Waals surface area (Å²) in [6.45, 7) is 9.51. The molecule has 0 amide bonds. The predicted octanol–water partition coefficient (Wildman–Crippen LogP) is 1.80. The monoisotopic (exact) mass is 220 g/mol. The molecule has 0 aromatic rings. The van der Waals surface area contributed by atoms with Gasteiger partial charge in [-0.15, -0.1) is 0 Å². The Morgan fingerprint density at radius 1 is 0.800 bits per heavy atom. The molecule has 0 aliphatic carbocycles. The lowest BCUT2D eigenvalue weighted by Crippen LogP contribution is -2.15. The average Bonchev–Trinajstić information content (AvgIpc) is 1.80. The van der Waals surface area contributed by atoms with Crippen LogP contribution in [-0.2, 0) is 14.4 Å². The van der Waals surface area contributed by atoms with Crippen molar-refractivity contribution in [3.05, 3.63) is 0 Å². The summed E-state index contributed by atoms with van der Waals surface area (Å²) >= 11 is 0. The van der Waals surface area contributed by atoms with Crippen LogP contribution in [0, 0.1) is 5.41 Å². The molecule has 0 fully saturated rings. The Hall–Kier alpha value is -1.39. The molecule has 0 saturated heterocycles. The standard InChI is InChI=1S/C6H12O.2C2H4O2/c1-5(7)6(2,3)4;2*1-2(3)4/h1-4H3;2*1H3,(H,3,4). The van der Waals surface area contributed by atoms with Gasteiger partial charge in [-0.2, -0.15) is 0 Å². The highest BCUT2D eigenvalue weighted by atomic mass is 16.4. The van der Waals surface area contributed by atoms with Gasteiger partial charge in [0.1, 0.15) is 5.78 Å². The van der Waals surface area contributed by atoms with Crippen LogP contribution in [-0.4, -0.2) is 27.9 Å². The van der Waals surface area contributed by atoms with Gasteiger partial charge in [-0.3, -0.25) is 14.4 Å². The number of Topliss-reactive ketones (excluding diaryl/α,β-unsaturated/α-hetero) is 1. The highest BCUT2D eigenvalue weighted by Crippen LogP contribution is 2.12. The van der Waals surface area contributed by atoms with Crippen LogP contribution in [0.4, 0.5) is 0 Å². The lowest BCUT2D eigenvalue weighted by atomic mass is 9.92. The van der Waals surface area contributed by atoms with E-state index in [0.29, 0.717) is 0 Å². The van der Waals surface area contributed by atoms with E-state index in [0.717, 1.165) is 13.8 Å². The van der Waals surface area contributed by atoms with Crippen LogP contribution in [0.3, 0.4) is 0 Å². The number of hydrogen-bond donors (Lipinski definition) is 2. The van der Waals surface area contributed by atoms with Crippen molar-refractivity contribution >= 4 is 17.7 Å². The summed E-state index contributed by atoms with van der Waals surface area (Å²) < 4.78 is 0. The predicted molar refractivity (Wildman–Crippen MR) is 56.8 cm³/mol. The molecule has 15 heavy (non-hydrogen) atoms. The van der Waals surface area contributed by atoms with Gasteiger partial charge in [0, 0.05) is 19.3 Å². The summed E-state index contributed by atoms with van der Waals surface area (Å²) in [6.07, 6.45) is 0. The minimum atomic E-state index is -0.833. The second kappa shape index (κ2) is 9.18. The van der Waals surface area contributed by atoms with Gasteiger partial charge in [-0.05, 0) is 6.92 Å². The van der Waals surface area contributed by atoms with Crippen molar-refractivity contribution < 1.29 is 24.6 Å². The fourth-order valence-electron chi connectivity index (χ4n) is 0. The molecule has 0 aromatic heterocycles. The SMILES string of the molecule is CC(=O)C(C)(C)C.CC(=O)O.CC(=O)O. The molecule has 90 valence electrons. The second-order valence-corrected chi connectivity index (χ2v) is 3.84. The third kappa shape index (κ3) is 66.8. The normalized spacial score (nSPS) is 8.67. The highest BCUT2D eigenvalue weighted by Gasteiger charge is 2.14. The van der Waals surface area contributed by atoms with Gasteiger partial charge in [0.2, 0.25) is 0 Å². The molecular weight excluding hydrogens is 200 g/mol. The summed E-state index contributed by atoms with van der Waals surface area (Å²) in [7, 11) is 0. The number of carbonyl (C=O) groups excluding carboxylic acids is 1. The average molecular weight is 220 g/mol. The Balaban J connectivity index is -0.000000155. The van der Waals surface area contributed by atoms with Gasteiger partial charge >= 0.3 is 0 Å². The van der Waals surface area contributed by atoms with Gasteiger partial charge in [0.25, 0.3) is 11.9 Å². The maximum absolute atomic E-state index is 10.5. The minimum Gasteiger partial charge on any atom is -0.481 e. The Bertz CT molecular complexity index is 192. The number of carboxylic acid groups (broad SMARTS) is 2. The van der Waals surface area contributed by atoms with Crippen LogP contribution in [0.5, 0.6) is 0 Å². The second-order valence-electron chi connectivity index (χ2n) is 3.84. The van der Waals surface area contributed by atoms with E-state index < -0.39 is 11.9 Å². The van der Waals surface area contributed by atoms with E-state index in [9.17, 15) is 4.79 Å². The largest absolute Gasteiger partial charge is 0.481 e. The van der Waals surface area contributed by atoms with Gasteiger partial charge in [-0.25, -0.2) is 0 Å². The van der Waals surface area contributed by atoms with Crippen LogP contribution < -0.4 is 0 Å². The Morgan fingerprint density at radius 2 is 0.867 bits per heavy atom. The highest BCUT2D eigenvalue weighted by molar-refractivity contribution is 5.80. The molecule has 0 atom stereocenters. The smallest absolute Gasteiger partial charge is 0.300 e. The van der Waals surface area contributed by atoms with E-state index >= 15 is 0 Å². The topological polar surface area (TPSA) is 91.7 Å². The number of carboxylic acids is 2. The van der Waals surface area contributed by atoms with Crippen LogP contribution in [0.2, 0.25) is 0 Å². The molecular formula is C10H20O5. The van der Waals surface area contributed by atoms with Gasteiger partial charge in [0.05, 0.1) is 0 Å². The zero-order valence-electron chi connectivity index (χ0n) is 10.1. The van der Waals surface area contributed by atoms with Crippen molar-refractivity contribution in [2.24, 2.45) is 5.41 Å². The summed E-state index contributed by atoms with van der Waals surface area (Å²) in [6, 6.07) is 0. The maximum Gasteiger partial charge on any atom is 0.300 e. The lowest BCUT2D eigenvalue weighted by molar-refractivity contribution is -0.135. The van der Waals surface area contributed by atoms with E-state index in [1.807, 2.05) is 20.8 Å². The molecule has 0 bridgehead atoms. The first-order valence-electron chi connectivity index (χ1n) is 4.31. The van der Waals surface area contributed by atoms with Crippen molar-refractivity contribution in [3.8, 4) is 0 Å². The molecule has 0 unspecified atom stereocenters. The zero-order valence-corrected chi connectivity index (χ0v) is 10.1. The van der Waals surface area contributed by atoms with Crippen molar-refractivity contribution in [1.82, 2.24) is 0 Å². The number of rotatable bonds is 0. The molecule has 0 spiro atoms. The Morgan fingerprint density at radius 3 is 0.867 bits per heavy atom. The van der Waals surface area contributed by atoms with E-state index in [1.54, 1.807) is 6.92 Å². The molecule has 5 heteroatoms. The first-order chi connectivity index (χ1) is 6.41. The van der Waals surface area contributed by atoms with E-state index in [1.165, 1.54) is 0 Å².